The Bertz CT molecular complexity index is 1260. The van der Waals surface area contributed by atoms with Crippen LogP contribution >= 0.6 is 0 Å². The molecule has 0 saturated carbocycles. The van der Waals surface area contributed by atoms with Crippen LogP contribution in [0.4, 0.5) is 0 Å². The van der Waals surface area contributed by atoms with Crippen LogP contribution in [-0.4, -0.2) is 90.6 Å². The second kappa shape index (κ2) is 16.7. The lowest BCUT2D eigenvalue weighted by molar-refractivity contribution is -0.151. The van der Waals surface area contributed by atoms with Gasteiger partial charge in [0.05, 0.1) is 19.6 Å². The van der Waals surface area contributed by atoms with Crippen LogP contribution in [0, 0.1) is 11.8 Å². The molecule has 0 bridgehead atoms. The van der Waals surface area contributed by atoms with E-state index in [4.69, 9.17) is 4.74 Å². The first-order chi connectivity index (χ1) is 21.0. The molecule has 9 heteroatoms. The number of Topliss-reactive ketones (excluding diaryl/α,β-unsaturated/α-hetero) is 1. The van der Waals surface area contributed by atoms with E-state index in [1.165, 1.54) is 16.9 Å². The van der Waals surface area contributed by atoms with Gasteiger partial charge in [0, 0.05) is 51.9 Å². The molecule has 1 aliphatic rings. The number of esters is 1. The highest BCUT2D eigenvalue weighted by Crippen LogP contribution is 2.21. The van der Waals surface area contributed by atoms with Crippen LogP contribution in [-0.2, 0) is 41.6 Å². The number of likely N-dealkylation sites (tertiary alicyclic amines) is 1. The van der Waals surface area contributed by atoms with Gasteiger partial charge in [0.15, 0.2) is 5.78 Å². The van der Waals surface area contributed by atoms with Crippen molar-refractivity contribution in [2.24, 2.45) is 11.8 Å². The molecule has 2 aromatic rings. The summed E-state index contributed by atoms with van der Waals surface area (Å²) in [4.78, 5) is 71.4. The van der Waals surface area contributed by atoms with Crippen molar-refractivity contribution in [1.82, 2.24) is 14.7 Å². The second-order valence-corrected chi connectivity index (χ2v) is 11.9. The summed E-state index contributed by atoms with van der Waals surface area (Å²) in [5.74, 6) is -2.71. The number of nitrogens with zero attached hydrogens (tertiary/aromatic N) is 3. The van der Waals surface area contributed by atoms with E-state index in [0.717, 1.165) is 30.4 Å². The summed E-state index contributed by atoms with van der Waals surface area (Å²) in [5, 5.41) is 0. The highest BCUT2D eigenvalue weighted by Gasteiger charge is 2.37. The third kappa shape index (κ3) is 9.49. The van der Waals surface area contributed by atoms with Crippen LogP contribution in [0.1, 0.15) is 57.1 Å². The van der Waals surface area contributed by atoms with Crippen molar-refractivity contribution in [1.29, 1.82) is 0 Å². The zero-order valence-electron chi connectivity index (χ0n) is 26.7. The largest absolute Gasteiger partial charge is 0.469 e. The SMILES string of the molecule is COC(=O)C[C@H](C)C(=O)N(C)[C@@H](Cc1ccccc1)C(=O)N(C)[C@@H](Cc1ccccc1)C(=O)C[C@@H](C)C(=O)N1CCCCC1. The number of likely N-dealkylation sites (N-methyl/N-ethyl adjacent to an activating group) is 2. The maximum absolute atomic E-state index is 14.3. The number of carbonyl (C=O) groups is 5. The summed E-state index contributed by atoms with van der Waals surface area (Å²) in [7, 11) is 4.42. The molecular weight excluding hydrogens is 558 g/mol. The lowest BCUT2D eigenvalue weighted by atomic mass is 9.92. The van der Waals surface area contributed by atoms with E-state index in [9.17, 15) is 24.0 Å². The van der Waals surface area contributed by atoms with Crippen LogP contribution in [0.5, 0.6) is 0 Å². The lowest BCUT2D eigenvalue weighted by Crippen LogP contribution is -2.55. The van der Waals surface area contributed by atoms with Crippen LogP contribution in [0.25, 0.3) is 0 Å². The molecule has 1 fully saturated rings. The van der Waals surface area contributed by atoms with E-state index in [1.807, 2.05) is 65.6 Å². The fraction of sp³-hybridized carbons (Fsp3) is 0.514. The summed E-state index contributed by atoms with van der Waals surface area (Å²) in [6.07, 6.45) is 3.44. The van der Waals surface area contributed by atoms with Crippen LogP contribution in [0.15, 0.2) is 60.7 Å². The third-order valence-corrected chi connectivity index (χ3v) is 8.55. The van der Waals surface area contributed by atoms with Gasteiger partial charge >= 0.3 is 5.97 Å². The molecule has 0 N–H and O–H groups in total. The van der Waals surface area contributed by atoms with E-state index < -0.39 is 29.9 Å². The van der Waals surface area contributed by atoms with Gasteiger partial charge < -0.3 is 19.4 Å². The van der Waals surface area contributed by atoms with Crippen molar-refractivity contribution in [3.8, 4) is 0 Å². The Morgan fingerprint density at radius 3 is 1.73 bits per heavy atom. The molecule has 238 valence electrons. The number of benzene rings is 2. The maximum atomic E-state index is 14.3. The molecule has 1 heterocycles. The quantitative estimate of drug-likeness (QED) is 0.302. The van der Waals surface area contributed by atoms with E-state index in [1.54, 1.807) is 27.9 Å². The Morgan fingerprint density at radius 2 is 1.20 bits per heavy atom. The van der Waals surface area contributed by atoms with E-state index in [0.29, 0.717) is 13.1 Å². The molecule has 4 atom stereocenters. The molecule has 3 amide bonds. The van der Waals surface area contributed by atoms with Gasteiger partial charge in [0.1, 0.15) is 6.04 Å². The highest BCUT2D eigenvalue weighted by molar-refractivity contribution is 5.95. The van der Waals surface area contributed by atoms with Gasteiger partial charge in [-0.25, -0.2) is 0 Å². The molecule has 9 nitrogen and oxygen atoms in total. The van der Waals surface area contributed by atoms with Crippen molar-refractivity contribution in [2.75, 3.05) is 34.3 Å². The van der Waals surface area contributed by atoms with Gasteiger partial charge in [0.2, 0.25) is 17.7 Å². The number of amides is 3. The molecule has 44 heavy (non-hydrogen) atoms. The molecule has 0 radical (unpaired) electrons. The minimum atomic E-state index is -0.923. The summed E-state index contributed by atoms with van der Waals surface area (Å²) in [5.41, 5.74) is 1.74. The zero-order valence-corrected chi connectivity index (χ0v) is 26.7. The number of hydrogen-bond acceptors (Lipinski definition) is 6. The molecule has 2 aromatic carbocycles. The van der Waals surface area contributed by atoms with Crippen LogP contribution < -0.4 is 0 Å². The summed E-state index contributed by atoms with van der Waals surface area (Å²) >= 11 is 0. The minimum absolute atomic E-state index is 0.0126. The number of hydrogen-bond donors (Lipinski definition) is 0. The number of ketones is 1. The Kier molecular flexibility index (Phi) is 13.1. The Labute approximate surface area is 261 Å². The molecule has 0 spiro atoms. The molecule has 0 aliphatic carbocycles. The van der Waals surface area contributed by atoms with Gasteiger partial charge in [-0.1, -0.05) is 74.5 Å². The zero-order chi connectivity index (χ0) is 32.2. The monoisotopic (exact) mass is 605 g/mol. The van der Waals surface area contributed by atoms with Gasteiger partial charge in [-0.2, -0.15) is 0 Å². The number of piperidine rings is 1. The smallest absolute Gasteiger partial charge is 0.306 e. The summed E-state index contributed by atoms with van der Waals surface area (Å²) in [6, 6.07) is 17.1. The van der Waals surface area contributed by atoms with Gasteiger partial charge in [0.25, 0.3) is 0 Å². The third-order valence-electron chi connectivity index (χ3n) is 8.55. The van der Waals surface area contributed by atoms with E-state index in [-0.39, 0.29) is 49.2 Å². The lowest BCUT2D eigenvalue weighted by Gasteiger charge is -2.36. The van der Waals surface area contributed by atoms with Crippen molar-refractivity contribution in [3.05, 3.63) is 71.8 Å². The summed E-state index contributed by atoms with van der Waals surface area (Å²) in [6.45, 7) is 4.83. The Hall–Kier alpha value is -4.01. The van der Waals surface area contributed by atoms with Gasteiger partial charge in [-0.15, -0.1) is 0 Å². The molecule has 0 unspecified atom stereocenters. The Morgan fingerprint density at radius 1 is 0.705 bits per heavy atom. The first kappa shape index (κ1) is 34.5. The Balaban J connectivity index is 1.89. The molecule has 1 aliphatic heterocycles. The van der Waals surface area contributed by atoms with Crippen LogP contribution in [0.3, 0.4) is 0 Å². The highest BCUT2D eigenvalue weighted by atomic mass is 16.5. The normalized spacial score (nSPS) is 15.8. The second-order valence-electron chi connectivity index (χ2n) is 11.9. The standard InChI is InChI=1S/C35H47N3O6/c1-25(34(42)38-19-13-8-14-20-38)21-31(39)29(23-27-15-9-6-10-16-27)36(3)35(43)30(24-28-17-11-7-12-18-28)37(4)33(41)26(2)22-32(40)44-5/h6-7,9-12,15-18,25-26,29-30H,8,13-14,19-24H2,1-5H3/t25-,26+,29+,30+/m1/s1. The number of ether oxygens (including phenoxy) is 1. The minimum Gasteiger partial charge on any atom is -0.469 e. The molecule has 3 rings (SSSR count). The average Bonchev–Trinajstić information content (AvgIpc) is 3.05. The fourth-order valence-electron chi connectivity index (χ4n) is 5.79. The van der Waals surface area contributed by atoms with Gasteiger partial charge in [-0.05, 0) is 36.8 Å². The maximum Gasteiger partial charge on any atom is 0.306 e. The first-order valence-electron chi connectivity index (χ1n) is 15.5. The van der Waals surface area contributed by atoms with E-state index in [2.05, 4.69) is 0 Å². The molecule has 0 aromatic heterocycles. The van der Waals surface area contributed by atoms with Crippen LogP contribution in [0.2, 0.25) is 0 Å². The average molecular weight is 606 g/mol. The van der Waals surface area contributed by atoms with Crippen molar-refractivity contribution in [2.45, 2.75) is 70.9 Å². The predicted octanol–water partition coefficient (Wildman–Crippen LogP) is 3.93. The first-order valence-corrected chi connectivity index (χ1v) is 15.5. The van der Waals surface area contributed by atoms with Gasteiger partial charge in [-0.3, -0.25) is 24.0 Å². The van der Waals surface area contributed by atoms with E-state index >= 15 is 0 Å². The van der Waals surface area contributed by atoms with Crippen molar-refractivity contribution in [3.63, 3.8) is 0 Å². The number of methoxy groups -OCH3 is 1. The van der Waals surface area contributed by atoms with Crippen molar-refractivity contribution < 1.29 is 28.7 Å². The fourth-order valence-corrected chi connectivity index (χ4v) is 5.79. The summed E-state index contributed by atoms with van der Waals surface area (Å²) < 4.78 is 4.74. The molecule has 1 saturated heterocycles. The molecular formula is C35H47N3O6. The number of carbonyl (C=O) groups excluding carboxylic acids is 5. The van der Waals surface area contributed by atoms with Crippen molar-refractivity contribution >= 4 is 29.5 Å². The topological polar surface area (TPSA) is 104 Å². The predicted molar refractivity (Wildman–Crippen MR) is 168 cm³/mol. The number of rotatable bonds is 14.